The predicted molar refractivity (Wildman–Crippen MR) is 84.7 cm³/mol. The third-order valence-electron chi connectivity index (χ3n) is 5.36. The average Bonchev–Trinajstić information content (AvgIpc) is 2.48. The molecule has 0 aromatic heterocycles. The van der Waals surface area contributed by atoms with Crippen LogP contribution in [0.2, 0.25) is 0 Å². The Balaban J connectivity index is 1.75. The number of likely N-dealkylation sites (tertiary alicyclic amines) is 1. The molecule has 1 aromatic rings. The Morgan fingerprint density at radius 2 is 1.95 bits per heavy atom. The zero-order valence-electron chi connectivity index (χ0n) is 13.4. The summed E-state index contributed by atoms with van der Waals surface area (Å²) in [5.41, 5.74) is 2.80. The Labute approximate surface area is 127 Å². The van der Waals surface area contributed by atoms with E-state index < -0.39 is 0 Å². The summed E-state index contributed by atoms with van der Waals surface area (Å²) in [6, 6.07) is 6.36. The lowest BCUT2D eigenvalue weighted by molar-refractivity contribution is 0.00561. The van der Waals surface area contributed by atoms with Gasteiger partial charge in [0.2, 0.25) is 0 Å². The van der Waals surface area contributed by atoms with Crippen LogP contribution in [-0.4, -0.2) is 36.2 Å². The van der Waals surface area contributed by atoms with Gasteiger partial charge in [0.1, 0.15) is 5.75 Å². The summed E-state index contributed by atoms with van der Waals surface area (Å²) >= 11 is 0. The van der Waals surface area contributed by atoms with E-state index in [1.165, 1.54) is 18.4 Å². The quantitative estimate of drug-likeness (QED) is 0.907. The van der Waals surface area contributed by atoms with Crippen LogP contribution in [0.15, 0.2) is 18.2 Å². The minimum atomic E-state index is -0.360. The number of aryl methyl sites for hydroxylation is 1. The lowest BCUT2D eigenvalue weighted by Crippen LogP contribution is -2.47. The first-order valence-electron chi connectivity index (χ1n) is 8.09. The molecule has 2 aliphatic rings. The molecule has 3 nitrogen and oxygen atoms in total. The first-order valence-corrected chi connectivity index (χ1v) is 8.09. The molecule has 116 valence electrons. The molecule has 21 heavy (non-hydrogen) atoms. The molecule has 0 spiro atoms. The van der Waals surface area contributed by atoms with Crippen molar-refractivity contribution in [3.63, 3.8) is 0 Å². The Morgan fingerprint density at radius 1 is 1.24 bits per heavy atom. The van der Waals surface area contributed by atoms with Gasteiger partial charge in [-0.25, -0.2) is 0 Å². The van der Waals surface area contributed by atoms with Crippen molar-refractivity contribution in [3.8, 4) is 5.75 Å². The van der Waals surface area contributed by atoms with Gasteiger partial charge in [-0.3, -0.25) is 4.90 Å². The van der Waals surface area contributed by atoms with Crippen molar-refractivity contribution >= 4 is 0 Å². The van der Waals surface area contributed by atoms with E-state index in [1.807, 2.05) is 12.1 Å². The summed E-state index contributed by atoms with van der Waals surface area (Å²) in [5, 5.41) is 10.8. The Kier molecular flexibility index (Phi) is 3.98. The van der Waals surface area contributed by atoms with E-state index in [0.29, 0.717) is 5.41 Å². The molecular weight excluding hydrogens is 262 g/mol. The van der Waals surface area contributed by atoms with Crippen LogP contribution in [-0.2, 0) is 6.42 Å². The van der Waals surface area contributed by atoms with Crippen molar-refractivity contribution < 1.29 is 9.84 Å². The Bertz CT molecular complexity index is 502. The molecule has 2 unspecified atom stereocenters. The van der Waals surface area contributed by atoms with E-state index in [-0.39, 0.29) is 12.1 Å². The second-order valence-electron chi connectivity index (χ2n) is 7.32. The number of fused-ring (bicyclic) bond motifs is 1. The van der Waals surface area contributed by atoms with Crippen LogP contribution in [0.1, 0.15) is 50.3 Å². The van der Waals surface area contributed by atoms with E-state index in [0.717, 1.165) is 37.2 Å². The number of benzene rings is 1. The van der Waals surface area contributed by atoms with Gasteiger partial charge in [0, 0.05) is 6.04 Å². The molecular formula is C18H27NO2. The summed E-state index contributed by atoms with van der Waals surface area (Å²) in [7, 11) is 1.69. The second-order valence-corrected chi connectivity index (χ2v) is 7.32. The highest BCUT2D eigenvalue weighted by Crippen LogP contribution is 2.38. The lowest BCUT2D eigenvalue weighted by atomic mass is 9.79. The van der Waals surface area contributed by atoms with Crippen LogP contribution in [0.5, 0.6) is 5.75 Å². The van der Waals surface area contributed by atoms with Crippen LogP contribution in [0, 0.1) is 5.41 Å². The van der Waals surface area contributed by atoms with Crippen molar-refractivity contribution in [1.82, 2.24) is 4.90 Å². The molecule has 0 radical (unpaired) electrons. The van der Waals surface area contributed by atoms with Gasteiger partial charge in [0.05, 0.1) is 13.2 Å². The largest absolute Gasteiger partial charge is 0.497 e. The summed E-state index contributed by atoms with van der Waals surface area (Å²) in [6.45, 7) is 6.92. The first-order chi connectivity index (χ1) is 10.00. The topological polar surface area (TPSA) is 32.7 Å². The fourth-order valence-corrected chi connectivity index (χ4v) is 3.73. The fourth-order valence-electron chi connectivity index (χ4n) is 3.73. The van der Waals surface area contributed by atoms with Crippen molar-refractivity contribution in [3.05, 3.63) is 29.3 Å². The number of aliphatic hydroxyl groups is 1. The zero-order valence-corrected chi connectivity index (χ0v) is 13.4. The smallest absolute Gasteiger partial charge is 0.119 e. The van der Waals surface area contributed by atoms with E-state index in [1.54, 1.807) is 7.11 Å². The van der Waals surface area contributed by atoms with Gasteiger partial charge in [0.15, 0.2) is 0 Å². The highest BCUT2D eigenvalue weighted by Gasteiger charge is 2.35. The summed E-state index contributed by atoms with van der Waals surface area (Å²) in [5.74, 6) is 0.888. The van der Waals surface area contributed by atoms with Crippen molar-refractivity contribution in [2.45, 2.75) is 51.7 Å². The molecule has 1 aliphatic heterocycles. The van der Waals surface area contributed by atoms with E-state index in [4.69, 9.17) is 4.74 Å². The maximum atomic E-state index is 10.8. The third-order valence-corrected chi connectivity index (χ3v) is 5.36. The number of rotatable bonds is 2. The molecule has 0 bridgehead atoms. The third kappa shape index (κ3) is 2.95. The fraction of sp³-hybridized carbons (Fsp3) is 0.667. The Hall–Kier alpha value is -1.06. The maximum Gasteiger partial charge on any atom is 0.119 e. The van der Waals surface area contributed by atoms with Gasteiger partial charge >= 0.3 is 0 Å². The molecule has 3 heteroatoms. The monoisotopic (exact) mass is 289 g/mol. The maximum absolute atomic E-state index is 10.8. The number of methoxy groups -OCH3 is 1. The van der Waals surface area contributed by atoms with Gasteiger partial charge in [-0.05, 0) is 67.4 Å². The molecule has 0 amide bonds. The molecule has 1 aliphatic carbocycles. The van der Waals surface area contributed by atoms with Gasteiger partial charge in [-0.2, -0.15) is 0 Å². The SMILES string of the molecule is COc1ccc2c(c1)CCC(N1CCC(C)(C)CC1)C2O. The molecule has 3 rings (SSSR count). The van der Waals surface area contributed by atoms with Crippen LogP contribution in [0.4, 0.5) is 0 Å². The van der Waals surface area contributed by atoms with Crippen LogP contribution < -0.4 is 4.74 Å². The molecule has 1 fully saturated rings. The second kappa shape index (κ2) is 5.62. The molecule has 1 heterocycles. The van der Waals surface area contributed by atoms with Gasteiger partial charge in [0.25, 0.3) is 0 Å². The van der Waals surface area contributed by atoms with E-state index in [2.05, 4.69) is 24.8 Å². The summed E-state index contributed by atoms with van der Waals surface area (Å²) in [4.78, 5) is 2.50. The van der Waals surface area contributed by atoms with Crippen LogP contribution >= 0.6 is 0 Å². The van der Waals surface area contributed by atoms with Gasteiger partial charge < -0.3 is 9.84 Å². The standard InChI is InChI=1S/C18H27NO2/c1-18(2)8-10-19(11-9-18)16-7-4-13-12-14(21-3)5-6-15(13)17(16)20/h5-6,12,16-17,20H,4,7-11H2,1-3H3. The highest BCUT2D eigenvalue weighted by molar-refractivity contribution is 5.39. The zero-order chi connectivity index (χ0) is 15.0. The summed E-state index contributed by atoms with van der Waals surface area (Å²) < 4.78 is 5.29. The number of hydrogen-bond donors (Lipinski definition) is 1. The van der Waals surface area contributed by atoms with Gasteiger partial charge in [-0.1, -0.05) is 19.9 Å². The number of hydrogen-bond acceptors (Lipinski definition) is 3. The molecule has 1 N–H and O–H groups in total. The molecule has 1 aromatic carbocycles. The van der Waals surface area contributed by atoms with Crippen molar-refractivity contribution in [2.75, 3.05) is 20.2 Å². The predicted octanol–water partition coefficient (Wildman–Crippen LogP) is 3.17. The lowest BCUT2D eigenvalue weighted by Gasteiger charge is -2.44. The Morgan fingerprint density at radius 3 is 2.62 bits per heavy atom. The average molecular weight is 289 g/mol. The van der Waals surface area contributed by atoms with Crippen molar-refractivity contribution in [1.29, 1.82) is 0 Å². The molecule has 0 saturated carbocycles. The normalized spacial score (nSPS) is 29.0. The highest BCUT2D eigenvalue weighted by atomic mass is 16.5. The number of nitrogens with zero attached hydrogens (tertiary/aromatic N) is 1. The molecule has 2 atom stereocenters. The van der Waals surface area contributed by atoms with Crippen LogP contribution in [0.25, 0.3) is 0 Å². The molecule has 1 saturated heterocycles. The number of ether oxygens (including phenoxy) is 1. The minimum absolute atomic E-state index is 0.280. The summed E-state index contributed by atoms with van der Waals surface area (Å²) in [6.07, 6.45) is 4.17. The first kappa shape index (κ1) is 14.9. The van der Waals surface area contributed by atoms with Crippen molar-refractivity contribution in [2.24, 2.45) is 5.41 Å². The minimum Gasteiger partial charge on any atom is -0.497 e. The van der Waals surface area contributed by atoms with E-state index in [9.17, 15) is 5.11 Å². The van der Waals surface area contributed by atoms with E-state index >= 15 is 0 Å². The van der Waals surface area contributed by atoms with Gasteiger partial charge in [-0.15, -0.1) is 0 Å². The number of aliphatic hydroxyl groups excluding tert-OH is 1. The number of piperidine rings is 1. The van der Waals surface area contributed by atoms with Crippen LogP contribution in [0.3, 0.4) is 0 Å².